The normalized spacial score (nSPS) is 16.2. The Morgan fingerprint density at radius 3 is 2.88 bits per heavy atom. The maximum Gasteiger partial charge on any atom is 0.269 e. The predicted molar refractivity (Wildman–Crippen MR) is 132 cm³/mol. The second-order valence-electron chi connectivity index (χ2n) is 9.33. The number of thiazole rings is 1. The van der Waals surface area contributed by atoms with Gasteiger partial charge in [-0.3, -0.25) is 15.1 Å². The SMILES string of the molecule is CC(C)(C)C1CCc2nc3sc(C(=O)Nc4nc(-c5cccnc5)cs4)c(N)c3cc2C1. The molecule has 3 N–H and O–H groups in total. The van der Waals surface area contributed by atoms with Gasteiger partial charge in [-0.15, -0.1) is 22.7 Å². The smallest absolute Gasteiger partial charge is 0.269 e. The van der Waals surface area contributed by atoms with Crippen LogP contribution in [0.25, 0.3) is 21.5 Å². The molecule has 1 atom stereocenters. The van der Waals surface area contributed by atoms with Gasteiger partial charge in [-0.2, -0.15) is 0 Å². The Labute approximate surface area is 194 Å². The monoisotopic (exact) mass is 463 g/mol. The van der Waals surface area contributed by atoms with Gasteiger partial charge in [0.25, 0.3) is 5.91 Å². The van der Waals surface area contributed by atoms with Gasteiger partial charge in [0.2, 0.25) is 0 Å². The predicted octanol–water partition coefficient (Wildman–Crippen LogP) is 5.80. The first-order valence-corrected chi connectivity index (χ1v) is 12.4. The molecule has 0 bridgehead atoms. The minimum Gasteiger partial charge on any atom is -0.397 e. The third kappa shape index (κ3) is 3.89. The van der Waals surface area contributed by atoms with Crippen LogP contribution in [0.15, 0.2) is 36.0 Å². The van der Waals surface area contributed by atoms with Gasteiger partial charge in [-0.25, -0.2) is 9.97 Å². The summed E-state index contributed by atoms with van der Waals surface area (Å²) in [6, 6.07) is 5.96. The van der Waals surface area contributed by atoms with Crippen LogP contribution in [0, 0.1) is 11.3 Å². The Balaban J connectivity index is 1.41. The fraction of sp³-hybridized carbons (Fsp3) is 0.333. The van der Waals surface area contributed by atoms with Gasteiger partial charge in [0.05, 0.1) is 11.4 Å². The third-order valence-electron chi connectivity index (χ3n) is 6.20. The molecule has 1 amide bonds. The van der Waals surface area contributed by atoms with Crippen molar-refractivity contribution in [3.8, 4) is 11.3 Å². The van der Waals surface area contributed by atoms with Gasteiger partial charge >= 0.3 is 0 Å². The highest BCUT2D eigenvalue weighted by molar-refractivity contribution is 7.21. The number of pyridine rings is 2. The van der Waals surface area contributed by atoms with Crippen LogP contribution in [-0.4, -0.2) is 20.9 Å². The van der Waals surface area contributed by atoms with Crippen molar-refractivity contribution in [2.45, 2.75) is 40.0 Å². The molecular weight excluding hydrogens is 438 g/mol. The van der Waals surface area contributed by atoms with E-state index in [2.05, 4.69) is 42.1 Å². The Morgan fingerprint density at radius 2 is 2.12 bits per heavy atom. The molecule has 4 aromatic heterocycles. The number of rotatable bonds is 3. The first-order chi connectivity index (χ1) is 15.3. The number of nitrogen functional groups attached to an aromatic ring is 1. The van der Waals surface area contributed by atoms with Crippen LogP contribution in [0.3, 0.4) is 0 Å². The fourth-order valence-corrected chi connectivity index (χ4v) is 5.94. The summed E-state index contributed by atoms with van der Waals surface area (Å²) in [4.78, 5) is 27.8. The van der Waals surface area contributed by atoms with Crippen LogP contribution in [0.2, 0.25) is 0 Å². The van der Waals surface area contributed by atoms with Crippen molar-refractivity contribution in [2.24, 2.45) is 11.3 Å². The highest BCUT2D eigenvalue weighted by Gasteiger charge is 2.30. The Morgan fingerprint density at radius 1 is 1.28 bits per heavy atom. The second-order valence-corrected chi connectivity index (χ2v) is 11.2. The van der Waals surface area contributed by atoms with Crippen LogP contribution in [0.4, 0.5) is 10.8 Å². The summed E-state index contributed by atoms with van der Waals surface area (Å²) in [5.41, 5.74) is 11.3. The van der Waals surface area contributed by atoms with E-state index < -0.39 is 0 Å². The van der Waals surface area contributed by atoms with Gasteiger partial charge in [0.15, 0.2) is 5.13 Å². The number of hydrogen-bond donors (Lipinski definition) is 2. The molecule has 5 rings (SSSR count). The molecular formula is C24H25N5OS2. The minimum atomic E-state index is -0.247. The average molecular weight is 464 g/mol. The first-order valence-electron chi connectivity index (χ1n) is 10.7. The third-order valence-corrected chi connectivity index (χ3v) is 8.07. The lowest BCUT2D eigenvalue weighted by molar-refractivity contribution is 0.103. The Kier molecular flexibility index (Phi) is 5.22. The van der Waals surface area contributed by atoms with Crippen molar-refractivity contribution in [2.75, 3.05) is 11.1 Å². The first kappa shape index (κ1) is 21.0. The molecule has 4 aromatic rings. The van der Waals surface area contributed by atoms with E-state index in [9.17, 15) is 4.79 Å². The minimum absolute atomic E-state index is 0.247. The summed E-state index contributed by atoms with van der Waals surface area (Å²) in [6.07, 6.45) is 6.60. The summed E-state index contributed by atoms with van der Waals surface area (Å²) in [5.74, 6) is 0.374. The van der Waals surface area contributed by atoms with Crippen molar-refractivity contribution < 1.29 is 4.79 Å². The summed E-state index contributed by atoms with van der Waals surface area (Å²) < 4.78 is 0. The lowest BCUT2D eigenvalue weighted by Crippen LogP contribution is -2.27. The molecule has 8 heteroatoms. The summed E-state index contributed by atoms with van der Waals surface area (Å²) in [6.45, 7) is 6.90. The van der Waals surface area contributed by atoms with Crippen molar-refractivity contribution in [1.29, 1.82) is 0 Å². The van der Waals surface area contributed by atoms with Crippen LogP contribution in [0.1, 0.15) is 48.1 Å². The summed E-state index contributed by atoms with van der Waals surface area (Å²) >= 11 is 2.73. The van der Waals surface area contributed by atoms with Crippen molar-refractivity contribution >= 4 is 49.6 Å². The zero-order chi connectivity index (χ0) is 22.5. The van der Waals surface area contributed by atoms with Crippen molar-refractivity contribution in [1.82, 2.24) is 15.0 Å². The van der Waals surface area contributed by atoms with Crippen LogP contribution in [-0.2, 0) is 12.8 Å². The van der Waals surface area contributed by atoms with Gasteiger partial charge in [-0.05, 0) is 54.4 Å². The van der Waals surface area contributed by atoms with E-state index >= 15 is 0 Å². The van der Waals surface area contributed by atoms with E-state index in [0.29, 0.717) is 21.6 Å². The number of nitrogens with one attached hydrogen (secondary N) is 1. The van der Waals surface area contributed by atoms with E-state index in [1.807, 2.05) is 17.5 Å². The molecule has 6 nitrogen and oxygen atoms in total. The molecule has 0 saturated heterocycles. The van der Waals surface area contributed by atoms with Crippen molar-refractivity contribution in [3.63, 3.8) is 0 Å². The molecule has 32 heavy (non-hydrogen) atoms. The highest BCUT2D eigenvalue weighted by atomic mass is 32.1. The van der Waals surface area contributed by atoms with Crippen LogP contribution < -0.4 is 11.1 Å². The van der Waals surface area contributed by atoms with Gasteiger partial charge in [-0.1, -0.05) is 20.8 Å². The number of hydrogen-bond acceptors (Lipinski definition) is 7. The van der Waals surface area contributed by atoms with Gasteiger partial charge in [0, 0.05) is 34.4 Å². The molecule has 1 unspecified atom stereocenters. The number of nitrogens with two attached hydrogens (primary N) is 1. The van der Waals surface area contributed by atoms with E-state index in [1.54, 1.807) is 12.4 Å². The number of carbonyl (C=O) groups is 1. The Bertz CT molecular complexity index is 1300. The van der Waals surface area contributed by atoms with Gasteiger partial charge < -0.3 is 5.73 Å². The molecule has 1 aliphatic rings. The maximum absolute atomic E-state index is 13.0. The second kappa shape index (κ2) is 7.94. The number of fused-ring (bicyclic) bond motifs is 2. The van der Waals surface area contributed by atoms with Crippen LogP contribution >= 0.6 is 22.7 Å². The molecule has 0 spiro atoms. The van der Waals surface area contributed by atoms with Gasteiger partial charge in [0.1, 0.15) is 9.71 Å². The van der Waals surface area contributed by atoms with E-state index in [4.69, 9.17) is 10.7 Å². The molecule has 0 radical (unpaired) electrons. The standard InChI is InChI=1S/C24H25N5OS2/c1-24(2,3)15-6-7-17-14(9-15)10-16-19(25)20(32-22(16)27-17)21(30)29-23-28-18(12-31-23)13-5-4-8-26-11-13/h4-5,8,10-12,15H,6-7,9,25H2,1-3H3,(H,28,29,30). The number of carbonyl (C=O) groups excluding carboxylic acids is 1. The number of aromatic nitrogens is 3. The molecule has 0 fully saturated rings. The zero-order valence-electron chi connectivity index (χ0n) is 18.3. The lowest BCUT2D eigenvalue weighted by atomic mass is 9.71. The Hall–Kier alpha value is -2.84. The van der Waals surface area contributed by atoms with E-state index in [0.717, 1.165) is 46.4 Å². The summed E-state index contributed by atoms with van der Waals surface area (Å²) in [5, 5.41) is 6.21. The van der Waals surface area contributed by atoms with Crippen LogP contribution in [0.5, 0.6) is 0 Å². The number of anilines is 2. The molecule has 0 aromatic carbocycles. The maximum atomic E-state index is 13.0. The highest BCUT2D eigenvalue weighted by Crippen LogP contribution is 2.40. The number of aryl methyl sites for hydroxylation is 1. The molecule has 4 heterocycles. The largest absolute Gasteiger partial charge is 0.397 e. The average Bonchev–Trinajstić information content (AvgIpc) is 3.36. The number of nitrogens with zero attached hydrogens (tertiary/aromatic N) is 3. The number of thiophene rings is 1. The van der Waals surface area contributed by atoms with Crippen molar-refractivity contribution in [3.05, 3.63) is 52.1 Å². The molecule has 164 valence electrons. The zero-order valence-corrected chi connectivity index (χ0v) is 19.9. The van der Waals surface area contributed by atoms with E-state index in [1.165, 1.54) is 28.2 Å². The molecule has 1 aliphatic carbocycles. The van der Waals surface area contributed by atoms with E-state index in [-0.39, 0.29) is 11.3 Å². The lowest BCUT2D eigenvalue weighted by Gasteiger charge is -2.34. The quantitative estimate of drug-likeness (QED) is 0.400. The number of amides is 1. The molecule has 0 saturated carbocycles. The fourth-order valence-electron chi connectivity index (χ4n) is 4.23. The summed E-state index contributed by atoms with van der Waals surface area (Å²) in [7, 11) is 0. The topological polar surface area (TPSA) is 93.8 Å². The molecule has 0 aliphatic heterocycles.